The summed E-state index contributed by atoms with van der Waals surface area (Å²) < 4.78 is 11.7. The normalized spacial score (nSPS) is 10.3. The number of ether oxygens (including phenoxy) is 2. The van der Waals surface area contributed by atoms with Gasteiger partial charge in [0.05, 0.1) is 18.2 Å². The lowest BCUT2D eigenvalue weighted by molar-refractivity contribution is 0.233. The average Bonchev–Trinajstić information content (AvgIpc) is 2.52. The summed E-state index contributed by atoms with van der Waals surface area (Å²) in [6.45, 7) is 6.28. The molecule has 1 aromatic carbocycles. The molecule has 1 heterocycles. The van der Waals surface area contributed by atoms with Gasteiger partial charge in [0.2, 0.25) is 5.88 Å². The van der Waals surface area contributed by atoms with Crippen LogP contribution in [0.1, 0.15) is 30.7 Å². The zero-order valence-corrected chi connectivity index (χ0v) is 13.6. The molecule has 0 aliphatic carbocycles. The van der Waals surface area contributed by atoms with Crippen LogP contribution in [-0.2, 0) is 13.2 Å². The van der Waals surface area contributed by atoms with E-state index in [1.165, 1.54) is 0 Å². The fourth-order valence-corrected chi connectivity index (χ4v) is 2.09. The maximum atomic E-state index is 8.61. The van der Waals surface area contributed by atoms with E-state index in [1.807, 2.05) is 57.2 Å². The lowest BCUT2D eigenvalue weighted by Gasteiger charge is -2.17. The third-order valence-electron chi connectivity index (χ3n) is 3.05. The molecule has 1 aromatic heterocycles. The van der Waals surface area contributed by atoms with E-state index in [1.54, 1.807) is 0 Å². The van der Waals surface area contributed by atoms with Crippen LogP contribution in [0.15, 0.2) is 41.5 Å². The van der Waals surface area contributed by atoms with Crippen LogP contribution >= 0.6 is 0 Å². The molecule has 6 nitrogen and oxygen atoms in total. The Balaban J connectivity index is 2.31. The molecular formula is C17H20N4O2. The van der Waals surface area contributed by atoms with Gasteiger partial charge in [-0.2, -0.15) is 0 Å². The Hall–Kier alpha value is -2.72. The molecular weight excluding hydrogens is 292 g/mol. The minimum atomic E-state index is 0.00332. The molecule has 0 unspecified atom stereocenters. The van der Waals surface area contributed by atoms with E-state index < -0.39 is 0 Å². The van der Waals surface area contributed by atoms with Gasteiger partial charge in [0.15, 0.2) is 0 Å². The lowest BCUT2D eigenvalue weighted by Crippen LogP contribution is -2.10. The molecule has 0 saturated carbocycles. The second kappa shape index (κ2) is 8.06. The van der Waals surface area contributed by atoms with Gasteiger partial charge >= 0.3 is 0 Å². The molecule has 0 radical (unpaired) electrons. The third kappa shape index (κ3) is 4.90. The zero-order valence-electron chi connectivity index (χ0n) is 13.6. The van der Waals surface area contributed by atoms with Gasteiger partial charge in [0, 0.05) is 16.7 Å². The highest BCUT2D eigenvalue weighted by Crippen LogP contribution is 2.30. The third-order valence-corrected chi connectivity index (χ3v) is 3.05. The first-order valence-corrected chi connectivity index (χ1v) is 7.45. The predicted molar refractivity (Wildman–Crippen MR) is 88.4 cm³/mol. The van der Waals surface area contributed by atoms with Gasteiger partial charge in [-0.3, -0.25) is 0 Å². The summed E-state index contributed by atoms with van der Waals surface area (Å²) in [6.07, 6.45) is 0.00332. The van der Waals surface area contributed by atoms with Crippen LogP contribution in [0.3, 0.4) is 0 Å². The highest BCUT2D eigenvalue weighted by Gasteiger charge is 2.15. The predicted octanol–water partition coefficient (Wildman–Crippen LogP) is 4.57. The van der Waals surface area contributed by atoms with Crippen molar-refractivity contribution in [3.63, 3.8) is 0 Å². The molecule has 0 aliphatic heterocycles. The molecule has 0 saturated heterocycles. The topological polar surface area (TPSA) is 80.1 Å². The SMILES string of the molecule is Cc1cc(OC(C)C)c(CN=[N+]=[N-])c(OCc2ccccc2)n1. The Kier molecular flexibility index (Phi) is 5.83. The summed E-state index contributed by atoms with van der Waals surface area (Å²) >= 11 is 0. The highest BCUT2D eigenvalue weighted by molar-refractivity contribution is 5.42. The van der Waals surface area contributed by atoms with Gasteiger partial charge in [0.25, 0.3) is 0 Å². The van der Waals surface area contributed by atoms with E-state index >= 15 is 0 Å². The quantitative estimate of drug-likeness (QED) is 0.427. The molecule has 2 aromatic rings. The second-order valence-electron chi connectivity index (χ2n) is 5.38. The number of hydrogen-bond acceptors (Lipinski definition) is 4. The zero-order chi connectivity index (χ0) is 16.7. The summed E-state index contributed by atoms with van der Waals surface area (Å²) in [5.41, 5.74) is 11.1. The highest BCUT2D eigenvalue weighted by atomic mass is 16.5. The van der Waals surface area contributed by atoms with Crippen LogP contribution in [-0.4, -0.2) is 11.1 Å². The van der Waals surface area contributed by atoms with Crippen molar-refractivity contribution in [3.05, 3.63) is 63.7 Å². The van der Waals surface area contributed by atoms with E-state index in [0.29, 0.717) is 23.8 Å². The molecule has 0 N–H and O–H groups in total. The van der Waals surface area contributed by atoms with Crippen molar-refractivity contribution in [1.29, 1.82) is 0 Å². The first-order chi connectivity index (χ1) is 11.1. The molecule has 6 heteroatoms. The molecule has 0 atom stereocenters. The monoisotopic (exact) mass is 312 g/mol. The van der Waals surface area contributed by atoms with Gasteiger partial charge in [-0.15, -0.1) is 0 Å². The maximum Gasteiger partial charge on any atom is 0.221 e. The number of azide groups is 1. The Labute approximate surface area is 135 Å². The molecule has 2 rings (SSSR count). The lowest BCUT2D eigenvalue weighted by atomic mass is 10.2. The van der Waals surface area contributed by atoms with Crippen molar-refractivity contribution in [2.24, 2.45) is 5.11 Å². The minimum absolute atomic E-state index is 0.00332. The fraction of sp³-hybridized carbons (Fsp3) is 0.353. The van der Waals surface area contributed by atoms with Crippen molar-refractivity contribution in [3.8, 4) is 11.6 Å². The van der Waals surface area contributed by atoms with E-state index in [4.69, 9.17) is 15.0 Å². The summed E-state index contributed by atoms with van der Waals surface area (Å²) in [5, 5.41) is 3.64. The van der Waals surface area contributed by atoms with Crippen LogP contribution in [0.25, 0.3) is 10.4 Å². The number of rotatable bonds is 7. The first kappa shape index (κ1) is 16.6. The van der Waals surface area contributed by atoms with E-state index in [2.05, 4.69) is 15.0 Å². The Morgan fingerprint density at radius 2 is 2.00 bits per heavy atom. The molecule has 120 valence electrons. The molecule has 0 bridgehead atoms. The van der Waals surface area contributed by atoms with Crippen molar-refractivity contribution in [2.45, 2.75) is 40.0 Å². The van der Waals surface area contributed by atoms with Crippen LogP contribution < -0.4 is 9.47 Å². The molecule has 0 aliphatic rings. The smallest absolute Gasteiger partial charge is 0.221 e. The molecule has 0 fully saturated rings. The van der Waals surface area contributed by atoms with Gasteiger partial charge in [0.1, 0.15) is 12.4 Å². The summed E-state index contributed by atoms with van der Waals surface area (Å²) in [4.78, 5) is 7.24. The van der Waals surface area contributed by atoms with Crippen molar-refractivity contribution in [1.82, 2.24) is 4.98 Å². The Morgan fingerprint density at radius 3 is 2.65 bits per heavy atom. The molecule has 0 amide bonds. The summed E-state index contributed by atoms with van der Waals surface area (Å²) in [7, 11) is 0. The van der Waals surface area contributed by atoms with Crippen LogP contribution in [0.5, 0.6) is 11.6 Å². The second-order valence-corrected chi connectivity index (χ2v) is 5.38. The number of benzene rings is 1. The number of hydrogen-bond donors (Lipinski definition) is 0. The van der Waals surface area contributed by atoms with Gasteiger partial charge < -0.3 is 9.47 Å². The van der Waals surface area contributed by atoms with Gasteiger partial charge in [-0.05, 0) is 31.9 Å². The first-order valence-electron chi connectivity index (χ1n) is 7.45. The molecule has 23 heavy (non-hydrogen) atoms. The van der Waals surface area contributed by atoms with Gasteiger partial charge in [-0.25, -0.2) is 4.98 Å². The molecule has 0 spiro atoms. The number of nitrogens with zero attached hydrogens (tertiary/aromatic N) is 4. The number of aromatic nitrogens is 1. The fourth-order valence-electron chi connectivity index (χ4n) is 2.09. The van der Waals surface area contributed by atoms with Gasteiger partial charge in [-0.1, -0.05) is 35.4 Å². The summed E-state index contributed by atoms with van der Waals surface area (Å²) in [6, 6.07) is 11.7. The summed E-state index contributed by atoms with van der Waals surface area (Å²) in [5.74, 6) is 1.08. The van der Waals surface area contributed by atoms with Crippen LogP contribution in [0, 0.1) is 6.92 Å². The van der Waals surface area contributed by atoms with E-state index in [0.717, 1.165) is 11.3 Å². The van der Waals surface area contributed by atoms with Crippen LogP contribution in [0.2, 0.25) is 0 Å². The van der Waals surface area contributed by atoms with Crippen molar-refractivity contribution >= 4 is 0 Å². The maximum absolute atomic E-state index is 8.61. The largest absolute Gasteiger partial charge is 0.490 e. The van der Waals surface area contributed by atoms with Crippen LogP contribution in [0.4, 0.5) is 0 Å². The Bertz CT molecular complexity index is 695. The van der Waals surface area contributed by atoms with Crippen molar-refractivity contribution < 1.29 is 9.47 Å². The van der Waals surface area contributed by atoms with Crippen molar-refractivity contribution in [2.75, 3.05) is 0 Å². The number of pyridine rings is 1. The standard InChI is InChI=1S/C17H20N4O2/c1-12(2)23-16-9-13(3)20-17(15(16)10-19-21-18)22-11-14-7-5-4-6-8-14/h4-9,12H,10-11H2,1-3H3. The number of aryl methyl sites for hydroxylation is 1. The Morgan fingerprint density at radius 1 is 1.26 bits per heavy atom. The average molecular weight is 312 g/mol. The van der Waals surface area contributed by atoms with E-state index in [-0.39, 0.29) is 12.6 Å². The van der Waals surface area contributed by atoms with E-state index in [9.17, 15) is 0 Å². The minimum Gasteiger partial charge on any atom is -0.490 e.